The minimum atomic E-state index is -1.04. The molecule has 2 amide bonds. The van der Waals surface area contributed by atoms with E-state index in [4.69, 9.17) is 27.9 Å². The van der Waals surface area contributed by atoms with E-state index in [0.29, 0.717) is 26.2 Å². The monoisotopic (exact) mass is 296 g/mol. The lowest BCUT2D eigenvalue weighted by Crippen LogP contribution is -2.52. The maximum atomic E-state index is 11.8. The van der Waals surface area contributed by atoms with Crippen LogP contribution in [0.2, 0.25) is 0 Å². The first-order valence-electron chi connectivity index (χ1n) is 5.75. The van der Waals surface area contributed by atoms with E-state index < -0.39 is 10.4 Å². The molecule has 0 aliphatic carbocycles. The Hall–Kier alpha value is -0.680. The zero-order chi connectivity index (χ0) is 13.9. The zero-order valence-corrected chi connectivity index (χ0v) is 12.3. The first kappa shape index (κ1) is 15.4. The molecule has 0 atom stereocenters. The first-order chi connectivity index (χ1) is 8.20. The van der Waals surface area contributed by atoms with Crippen LogP contribution in [0.4, 0.5) is 4.79 Å². The molecular weight excluding hydrogens is 279 g/mol. The summed E-state index contributed by atoms with van der Waals surface area (Å²) in [6.07, 6.45) is -0.358. The lowest BCUT2D eigenvalue weighted by atomic mass is 10.2. The lowest BCUT2D eigenvalue weighted by Gasteiger charge is -2.35. The van der Waals surface area contributed by atoms with Gasteiger partial charge in [0, 0.05) is 26.2 Å². The van der Waals surface area contributed by atoms with E-state index in [-0.39, 0.29) is 12.0 Å². The lowest BCUT2D eigenvalue weighted by molar-refractivity contribution is -0.131. The molecule has 0 bridgehead atoms. The maximum absolute atomic E-state index is 11.8. The van der Waals surface area contributed by atoms with Crippen LogP contribution in [0.3, 0.4) is 0 Å². The van der Waals surface area contributed by atoms with Gasteiger partial charge in [0.25, 0.3) is 5.91 Å². The van der Waals surface area contributed by atoms with Crippen molar-refractivity contribution >= 4 is 35.2 Å². The Morgan fingerprint density at radius 2 is 1.50 bits per heavy atom. The van der Waals surface area contributed by atoms with E-state index >= 15 is 0 Å². The zero-order valence-electron chi connectivity index (χ0n) is 10.8. The van der Waals surface area contributed by atoms with Crippen molar-refractivity contribution in [2.24, 2.45) is 0 Å². The van der Waals surface area contributed by atoms with Gasteiger partial charge in [0.05, 0.1) is 0 Å². The molecule has 5 nitrogen and oxygen atoms in total. The van der Waals surface area contributed by atoms with Crippen molar-refractivity contribution < 1.29 is 14.3 Å². The fourth-order valence-electron chi connectivity index (χ4n) is 1.57. The summed E-state index contributed by atoms with van der Waals surface area (Å²) in [4.78, 5) is 25.4. The van der Waals surface area contributed by atoms with Gasteiger partial charge in [-0.2, -0.15) is 0 Å². The van der Waals surface area contributed by atoms with Crippen LogP contribution in [0.15, 0.2) is 0 Å². The van der Waals surface area contributed by atoms with Gasteiger partial charge in [0.1, 0.15) is 5.60 Å². The molecule has 1 aliphatic rings. The van der Waals surface area contributed by atoms with Gasteiger partial charge in [-0.1, -0.05) is 23.2 Å². The quantitative estimate of drug-likeness (QED) is 0.694. The van der Waals surface area contributed by atoms with Gasteiger partial charge in [-0.15, -0.1) is 0 Å². The van der Waals surface area contributed by atoms with Gasteiger partial charge in [0.2, 0.25) is 0 Å². The molecule has 1 aliphatic heterocycles. The number of piperazine rings is 1. The number of carbonyl (C=O) groups excluding carboxylic acids is 2. The third-order valence-electron chi connectivity index (χ3n) is 2.43. The number of ether oxygens (including phenoxy) is 1. The average molecular weight is 297 g/mol. The van der Waals surface area contributed by atoms with Crippen molar-refractivity contribution in [2.45, 2.75) is 31.2 Å². The Labute approximate surface area is 117 Å². The van der Waals surface area contributed by atoms with Gasteiger partial charge in [-0.05, 0) is 20.8 Å². The largest absolute Gasteiger partial charge is 0.444 e. The summed E-state index contributed by atoms with van der Waals surface area (Å²) in [5, 5.41) is 0. The molecule has 18 heavy (non-hydrogen) atoms. The standard InChI is InChI=1S/C11H18Cl2N2O3/c1-11(2,3)18-10(17)15-6-4-14(5-7-15)9(16)8(12)13/h8H,4-7H2,1-3H3. The molecule has 7 heteroatoms. The van der Waals surface area contributed by atoms with Crippen LogP contribution in [0, 0.1) is 0 Å². The van der Waals surface area contributed by atoms with Crippen molar-refractivity contribution in [1.29, 1.82) is 0 Å². The summed E-state index contributed by atoms with van der Waals surface area (Å²) in [6.45, 7) is 7.16. The van der Waals surface area contributed by atoms with Crippen LogP contribution in [0.25, 0.3) is 0 Å². The number of hydrogen-bond donors (Lipinski definition) is 0. The highest BCUT2D eigenvalue weighted by molar-refractivity contribution is 6.53. The van der Waals surface area contributed by atoms with E-state index in [2.05, 4.69) is 0 Å². The van der Waals surface area contributed by atoms with E-state index in [9.17, 15) is 9.59 Å². The third kappa shape index (κ3) is 4.53. The molecule has 0 aromatic carbocycles. The molecule has 0 unspecified atom stereocenters. The highest BCUT2D eigenvalue weighted by Crippen LogP contribution is 2.13. The minimum absolute atomic E-state index is 0.317. The molecule has 0 radical (unpaired) electrons. The molecule has 1 saturated heterocycles. The van der Waals surface area contributed by atoms with Crippen LogP contribution >= 0.6 is 23.2 Å². The Morgan fingerprint density at radius 1 is 1.06 bits per heavy atom. The van der Waals surface area contributed by atoms with Crippen molar-refractivity contribution in [3.8, 4) is 0 Å². The number of amides is 2. The van der Waals surface area contributed by atoms with Crippen LogP contribution in [0.1, 0.15) is 20.8 Å². The molecule has 1 heterocycles. The van der Waals surface area contributed by atoms with E-state index in [0.717, 1.165) is 0 Å². The minimum Gasteiger partial charge on any atom is -0.444 e. The van der Waals surface area contributed by atoms with E-state index in [1.807, 2.05) is 20.8 Å². The Kier molecular flexibility index (Phi) is 5.10. The molecule has 0 spiro atoms. The second-order valence-electron chi connectivity index (χ2n) is 5.09. The van der Waals surface area contributed by atoms with Gasteiger partial charge in [-0.3, -0.25) is 4.79 Å². The predicted molar refractivity (Wildman–Crippen MR) is 69.9 cm³/mol. The van der Waals surface area contributed by atoms with Crippen LogP contribution in [0.5, 0.6) is 0 Å². The van der Waals surface area contributed by atoms with Crippen molar-refractivity contribution in [1.82, 2.24) is 9.80 Å². The maximum Gasteiger partial charge on any atom is 0.410 e. The van der Waals surface area contributed by atoms with Crippen molar-refractivity contribution in [3.05, 3.63) is 0 Å². The Morgan fingerprint density at radius 3 is 1.89 bits per heavy atom. The van der Waals surface area contributed by atoms with Crippen LogP contribution in [-0.2, 0) is 9.53 Å². The topological polar surface area (TPSA) is 49.9 Å². The second kappa shape index (κ2) is 5.97. The molecule has 104 valence electrons. The molecular formula is C11H18Cl2N2O3. The summed E-state index contributed by atoms with van der Waals surface area (Å²) in [7, 11) is 0. The molecule has 0 aromatic rings. The number of carbonyl (C=O) groups is 2. The number of hydrogen-bond acceptors (Lipinski definition) is 3. The van der Waals surface area contributed by atoms with Gasteiger partial charge in [-0.25, -0.2) is 4.79 Å². The summed E-state index contributed by atoms with van der Waals surface area (Å²) >= 11 is 11.0. The van der Waals surface area contributed by atoms with E-state index in [1.165, 1.54) is 0 Å². The normalized spacial score (nSPS) is 17.0. The SMILES string of the molecule is CC(C)(C)OC(=O)N1CCN(C(=O)C(Cl)Cl)CC1. The molecule has 0 saturated carbocycles. The molecule has 1 fully saturated rings. The molecule has 1 rings (SSSR count). The third-order valence-corrected chi connectivity index (χ3v) is 2.80. The number of rotatable bonds is 1. The summed E-state index contributed by atoms with van der Waals surface area (Å²) < 4.78 is 5.25. The van der Waals surface area contributed by atoms with Crippen molar-refractivity contribution in [2.75, 3.05) is 26.2 Å². The number of alkyl halides is 2. The summed E-state index contributed by atoms with van der Waals surface area (Å²) in [5.41, 5.74) is -0.512. The first-order valence-corrected chi connectivity index (χ1v) is 6.63. The van der Waals surface area contributed by atoms with Crippen LogP contribution in [-0.4, -0.2) is 58.4 Å². The van der Waals surface area contributed by atoms with Gasteiger partial charge >= 0.3 is 6.09 Å². The van der Waals surface area contributed by atoms with Gasteiger partial charge < -0.3 is 14.5 Å². The highest BCUT2D eigenvalue weighted by atomic mass is 35.5. The fourth-order valence-corrected chi connectivity index (χ4v) is 1.85. The summed E-state index contributed by atoms with van der Waals surface area (Å²) in [6, 6.07) is 0. The van der Waals surface area contributed by atoms with Crippen LogP contribution < -0.4 is 0 Å². The van der Waals surface area contributed by atoms with E-state index in [1.54, 1.807) is 9.80 Å². The Bertz CT molecular complexity index is 321. The average Bonchev–Trinajstić information content (AvgIpc) is 2.26. The molecule has 0 aromatic heterocycles. The highest BCUT2D eigenvalue weighted by Gasteiger charge is 2.29. The fraction of sp³-hybridized carbons (Fsp3) is 0.818. The smallest absolute Gasteiger partial charge is 0.410 e. The van der Waals surface area contributed by atoms with Crippen molar-refractivity contribution in [3.63, 3.8) is 0 Å². The summed E-state index contributed by atoms with van der Waals surface area (Å²) in [5.74, 6) is -0.317. The van der Waals surface area contributed by atoms with Gasteiger partial charge in [0.15, 0.2) is 4.84 Å². The number of halogens is 2. The Balaban J connectivity index is 2.44. The predicted octanol–water partition coefficient (Wildman–Crippen LogP) is 1.87. The number of nitrogens with zero attached hydrogens (tertiary/aromatic N) is 2. The second-order valence-corrected chi connectivity index (χ2v) is 6.19. The molecule has 0 N–H and O–H groups in total.